The molecule has 20 heavy (non-hydrogen) atoms. The summed E-state index contributed by atoms with van der Waals surface area (Å²) in [6, 6.07) is 3.08. The Morgan fingerprint density at radius 1 is 1.50 bits per heavy atom. The van der Waals surface area contributed by atoms with E-state index in [-0.39, 0.29) is 16.1 Å². The first-order valence-corrected chi connectivity index (χ1v) is 7.12. The number of hydrogen-bond donors (Lipinski definition) is 1. The number of nitrogens with zero attached hydrogens (tertiary/aromatic N) is 3. The number of hydrogen-bond acceptors (Lipinski definition) is 5. The van der Waals surface area contributed by atoms with Crippen molar-refractivity contribution < 1.29 is 4.92 Å². The number of aromatic nitrogens is 1. The number of nitrogens with one attached hydrogen (secondary N) is 1. The van der Waals surface area contributed by atoms with E-state index in [1.807, 2.05) is 0 Å². The van der Waals surface area contributed by atoms with E-state index in [0.29, 0.717) is 11.6 Å². The lowest BCUT2D eigenvalue weighted by molar-refractivity contribution is -0.384. The molecule has 6 nitrogen and oxygen atoms in total. The van der Waals surface area contributed by atoms with E-state index >= 15 is 0 Å². The molecule has 1 aliphatic heterocycles. The Bertz CT molecular complexity index is 502. The van der Waals surface area contributed by atoms with Gasteiger partial charge in [-0.1, -0.05) is 6.92 Å². The molecule has 1 aromatic rings. The molecule has 2 heterocycles. The molecule has 0 amide bonds. The Hall–Kier alpha value is -1.85. The van der Waals surface area contributed by atoms with Crippen molar-refractivity contribution in [3.63, 3.8) is 0 Å². The number of rotatable bonds is 5. The molecule has 0 unspecified atom stereocenters. The van der Waals surface area contributed by atoms with Gasteiger partial charge in [0.25, 0.3) is 5.69 Å². The van der Waals surface area contributed by atoms with Crippen LogP contribution >= 0.6 is 0 Å². The summed E-state index contributed by atoms with van der Waals surface area (Å²) >= 11 is 0. The van der Waals surface area contributed by atoms with Gasteiger partial charge in [-0.25, -0.2) is 4.98 Å². The monoisotopic (exact) mass is 278 g/mol. The van der Waals surface area contributed by atoms with Crippen LogP contribution in [0.15, 0.2) is 12.1 Å². The first kappa shape index (κ1) is 14.6. The lowest BCUT2D eigenvalue weighted by atomic mass is 10.0. The van der Waals surface area contributed by atoms with Crippen molar-refractivity contribution in [2.75, 3.05) is 23.3 Å². The maximum Gasteiger partial charge on any atom is 0.276 e. The maximum atomic E-state index is 11.1. The normalized spacial score (nSPS) is 17.2. The summed E-state index contributed by atoms with van der Waals surface area (Å²) in [7, 11) is 0. The Labute approximate surface area is 119 Å². The second kappa shape index (κ2) is 5.64. The number of nitro groups is 1. The zero-order valence-electron chi connectivity index (χ0n) is 12.3. The van der Waals surface area contributed by atoms with Crippen LogP contribution in [0.5, 0.6) is 0 Å². The lowest BCUT2D eigenvalue weighted by Crippen LogP contribution is -2.38. The van der Waals surface area contributed by atoms with E-state index in [9.17, 15) is 10.1 Å². The summed E-state index contributed by atoms with van der Waals surface area (Å²) in [5.41, 5.74) is 0.0980. The van der Waals surface area contributed by atoms with Crippen LogP contribution in [0.4, 0.5) is 17.3 Å². The second-order valence-corrected chi connectivity index (χ2v) is 5.82. The lowest BCUT2D eigenvalue weighted by Gasteiger charge is -2.32. The number of anilines is 2. The molecule has 0 saturated carbocycles. The van der Waals surface area contributed by atoms with Crippen molar-refractivity contribution in [2.45, 2.75) is 45.6 Å². The van der Waals surface area contributed by atoms with Gasteiger partial charge in [-0.2, -0.15) is 0 Å². The zero-order valence-corrected chi connectivity index (χ0v) is 12.3. The van der Waals surface area contributed by atoms with E-state index in [1.54, 1.807) is 6.07 Å². The largest absolute Gasteiger partial charge is 0.370 e. The summed E-state index contributed by atoms with van der Waals surface area (Å²) in [5, 5.41) is 14.2. The molecule has 1 fully saturated rings. The highest BCUT2D eigenvalue weighted by atomic mass is 16.6. The smallest absolute Gasteiger partial charge is 0.276 e. The quantitative estimate of drug-likeness (QED) is 0.661. The fraction of sp³-hybridized carbons (Fsp3) is 0.643. The fourth-order valence-electron chi connectivity index (χ4n) is 2.62. The second-order valence-electron chi connectivity index (χ2n) is 5.82. The zero-order chi connectivity index (χ0) is 14.8. The standard InChI is InChI=1S/C14H22N4O2/c1-4-7-15-12-9-11(18(19)20)10-13(16-12)17-8-5-6-14(17,2)3/h9-10H,4-8H2,1-3H3,(H,15,16). The minimum Gasteiger partial charge on any atom is -0.370 e. The van der Waals surface area contributed by atoms with Gasteiger partial charge in [0.2, 0.25) is 0 Å². The van der Waals surface area contributed by atoms with Gasteiger partial charge in [0, 0.05) is 18.6 Å². The van der Waals surface area contributed by atoms with Crippen LogP contribution in [0.3, 0.4) is 0 Å². The molecule has 0 spiro atoms. The Morgan fingerprint density at radius 3 is 2.80 bits per heavy atom. The first-order chi connectivity index (χ1) is 9.44. The summed E-state index contributed by atoms with van der Waals surface area (Å²) in [6.45, 7) is 8.01. The highest BCUT2D eigenvalue weighted by Crippen LogP contribution is 2.34. The van der Waals surface area contributed by atoms with Crippen LogP contribution in [0.1, 0.15) is 40.0 Å². The van der Waals surface area contributed by atoms with Gasteiger partial charge in [0.15, 0.2) is 0 Å². The maximum absolute atomic E-state index is 11.1. The Kier molecular flexibility index (Phi) is 4.11. The Balaban J connectivity index is 2.36. The van der Waals surface area contributed by atoms with Crippen LogP contribution in [-0.4, -0.2) is 28.5 Å². The molecular formula is C14H22N4O2. The van der Waals surface area contributed by atoms with E-state index in [1.165, 1.54) is 6.07 Å². The van der Waals surface area contributed by atoms with Crippen molar-refractivity contribution in [3.8, 4) is 0 Å². The van der Waals surface area contributed by atoms with Gasteiger partial charge in [-0.05, 0) is 33.1 Å². The molecule has 1 saturated heterocycles. The highest BCUT2D eigenvalue weighted by molar-refractivity contribution is 5.57. The predicted molar refractivity (Wildman–Crippen MR) is 80.3 cm³/mol. The van der Waals surface area contributed by atoms with E-state index in [0.717, 1.165) is 32.4 Å². The molecule has 0 atom stereocenters. The van der Waals surface area contributed by atoms with Crippen molar-refractivity contribution in [2.24, 2.45) is 0 Å². The molecule has 6 heteroatoms. The first-order valence-electron chi connectivity index (χ1n) is 7.12. The average Bonchev–Trinajstić information content (AvgIpc) is 2.75. The molecule has 0 radical (unpaired) electrons. The molecule has 1 aliphatic rings. The van der Waals surface area contributed by atoms with Gasteiger partial charge >= 0.3 is 0 Å². The van der Waals surface area contributed by atoms with Crippen molar-refractivity contribution in [3.05, 3.63) is 22.2 Å². The summed E-state index contributed by atoms with van der Waals surface area (Å²) < 4.78 is 0. The SMILES string of the molecule is CCCNc1cc([N+](=O)[O-])cc(N2CCCC2(C)C)n1. The van der Waals surface area contributed by atoms with Crippen molar-refractivity contribution in [1.82, 2.24) is 4.98 Å². The average molecular weight is 278 g/mol. The van der Waals surface area contributed by atoms with Crippen LogP contribution < -0.4 is 10.2 Å². The molecule has 1 aromatic heterocycles. The van der Waals surface area contributed by atoms with Gasteiger partial charge in [-0.3, -0.25) is 10.1 Å². The van der Waals surface area contributed by atoms with Crippen molar-refractivity contribution >= 4 is 17.3 Å². The highest BCUT2D eigenvalue weighted by Gasteiger charge is 2.33. The predicted octanol–water partition coefficient (Wildman–Crippen LogP) is 3.19. The minimum absolute atomic E-state index is 0.00421. The number of pyridine rings is 1. The molecule has 2 rings (SSSR count). The van der Waals surface area contributed by atoms with E-state index < -0.39 is 0 Å². The molecule has 1 N–H and O–H groups in total. The fourth-order valence-corrected chi connectivity index (χ4v) is 2.62. The third-order valence-corrected chi connectivity index (χ3v) is 3.74. The molecule has 0 bridgehead atoms. The van der Waals surface area contributed by atoms with Crippen LogP contribution in [0.25, 0.3) is 0 Å². The summed E-state index contributed by atoms with van der Waals surface area (Å²) in [4.78, 5) is 17.4. The van der Waals surface area contributed by atoms with Gasteiger partial charge in [-0.15, -0.1) is 0 Å². The third kappa shape index (κ3) is 3.00. The minimum atomic E-state index is -0.356. The molecular weight excluding hydrogens is 256 g/mol. The van der Waals surface area contributed by atoms with Gasteiger partial charge < -0.3 is 10.2 Å². The third-order valence-electron chi connectivity index (χ3n) is 3.74. The van der Waals surface area contributed by atoms with E-state index in [4.69, 9.17) is 0 Å². The molecule has 110 valence electrons. The van der Waals surface area contributed by atoms with Gasteiger partial charge in [0.05, 0.1) is 17.1 Å². The van der Waals surface area contributed by atoms with E-state index in [2.05, 4.69) is 36.0 Å². The summed E-state index contributed by atoms with van der Waals surface area (Å²) in [6.07, 6.45) is 3.12. The van der Waals surface area contributed by atoms with Gasteiger partial charge in [0.1, 0.15) is 11.6 Å². The van der Waals surface area contributed by atoms with Crippen LogP contribution in [-0.2, 0) is 0 Å². The van der Waals surface area contributed by atoms with Crippen LogP contribution in [0, 0.1) is 10.1 Å². The topological polar surface area (TPSA) is 71.3 Å². The Morgan fingerprint density at radius 2 is 2.25 bits per heavy atom. The summed E-state index contributed by atoms with van der Waals surface area (Å²) in [5.74, 6) is 1.28. The van der Waals surface area contributed by atoms with Crippen molar-refractivity contribution in [1.29, 1.82) is 0 Å². The van der Waals surface area contributed by atoms with Crippen LogP contribution in [0.2, 0.25) is 0 Å². The molecule has 0 aliphatic carbocycles. The molecule has 0 aromatic carbocycles.